The molecular formula is C24H20N2O2. The van der Waals surface area contributed by atoms with E-state index in [1.807, 2.05) is 85.8 Å². The lowest BCUT2D eigenvalue weighted by Gasteiger charge is -2.24. The Kier molecular flexibility index (Phi) is 3.64. The standard InChI is InChI=1S/C24H20N2O2/c1-16-22(18-11-5-7-13-20(18)25-16)24(28)19-12-6-8-14-21(19)26(23(24)27)15-17-9-3-2-4-10-17/h2-14,25,28H,15H2,1H3/t24-/m1/s1. The summed E-state index contributed by atoms with van der Waals surface area (Å²) in [5.74, 6) is -0.314. The summed E-state index contributed by atoms with van der Waals surface area (Å²) in [6.45, 7) is 2.32. The first-order chi connectivity index (χ1) is 13.6. The number of nitrogens with one attached hydrogen (secondary N) is 1. The Hall–Kier alpha value is -3.37. The van der Waals surface area contributed by atoms with Crippen molar-refractivity contribution >= 4 is 22.5 Å². The molecule has 0 radical (unpaired) electrons. The summed E-state index contributed by atoms with van der Waals surface area (Å²) in [6, 6.07) is 25.1. The number of amides is 1. The van der Waals surface area contributed by atoms with Gasteiger partial charge < -0.3 is 15.0 Å². The van der Waals surface area contributed by atoms with Crippen molar-refractivity contribution in [3.8, 4) is 0 Å². The van der Waals surface area contributed by atoms with Gasteiger partial charge >= 0.3 is 0 Å². The maximum atomic E-state index is 13.6. The van der Waals surface area contributed by atoms with Crippen molar-refractivity contribution in [1.82, 2.24) is 4.98 Å². The molecule has 0 spiro atoms. The van der Waals surface area contributed by atoms with E-state index in [1.54, 1.807) is 4.90 Å². The van der Waals surface area contributed by atoms with Gasteiger partial charge in [0.25, 0.3) is 5.91 Å². The Morgan fingerprint density at radius 3 is 2.43 bits per heavy atom. The van der Waals surface area contributed by atoms with Crippen molar-refractivity contribution in [2.45, 2.75) is 19.1 Å². The van der Waals surface area contributed by atoms with Crippen LogP contribution in [0.15, 0.2) is 78.9 Å². The van der Waals surface area contributed by atoms with Crippen molar-refractivity contribution < 1.29 is 9.90 Å². The fraction of sp³-hybridized carbons (Fsp3) is 0.125. The summed E-state index contributed by atoms with van der Waals surface area (Å²) in [5.41, 5.74) is 3.03. The van der Waals surface area contributed by atoms with E-state index >= 15 is 0 Å². The van der Waals surface area contributed by atoms with Crippen LogP contribution in [0.25, 0.3) is 10.9 Å². The molecule has 1 aromatic heterocycles. The molecule has 0 fully saturated rings. The number of hydrogen-bond acceptors (Lipinski definition) is 2. The van der Waals surface area contributed by atoms with E-state index in [1.165, 1.54) is 0 Å². The van der Waals surface area contributed by atoms with Crippen LogP contribution in [0, 0.1) is 6.92 Å². The average Bonchev–Trinajstić information content (AvgIpc) is 3.17. The summed E-state index contributed by atoms with van der Waals surface area (Å²) in [6.07, 6.45) is 0. The van der Waals surface area contributed by atoms with Gasteiger partial charge in [0.1, 0.15) is 0 Å². The number of hydrogen-bond donors (Lipinski definition) is 2. The number of para-hydroxylation sites is 2. The van der Waals surface area contributed by atoms with Crippen LogP contribution in [0.3, 0.4) is 0 Å². The predicted molar refractivity (Wildman–Crippen MR) is 110 cm³/mol. The van der Waals surface area contributed by atoms with Crippen LogP contribution in [0.5, 0.6) is 0 Å². The molecule has 0 saturated heterocycles. The molecule has 0 saturated carbocycles. The Balaban J connectivity index is 1.72. The molecule has 4 aromatic rings. The molecule has 3 aromatic carbocycles. The maximum Gasteiger partial charge on any atom is 0.268 e. The average molecular weight is 368 g/mol. The van der Waals surface area contributed by atoms with Crippen LogP contribution in [-0.2, 0) is 16.9 Å². The number of aromatic amines is 1. The predicted octanol–water partition coefficient (Wildman–Crippen LogP) is 4.26. The van der Waals surface area contributed by atoms with Gasteiger partial charge in [-0.15, -0.1) is 0 Å². The van der Waals surface area contributed by atoms with E-state index in [9.17, 15) is 9.90 Å². The smallest absolute Gasteiger partial charge is 0.268 e. The number of fused-ring (bicyclic) bond motifs is 2. The van der Waals surface area contributed by atoms with E-state index in [2.05, 4.69) is 4.98 Å². The fourth-order valence-corrected chi connectivity index (χ4v) is 4.34. The number of aromatic nitrogens is 1. The van der Waals surface area contributed by atoms with Crippen LogP contribution >= 0.6 is 0 Å². The first-order valence-corrected chi connectivity index (χ1v) is 9.36. The highest BCUT2D eigenvalue weighted by Gasteiger charge is 2.52. The Bertz CT molecular complexity index is 1200. The second-order valence-electron chi connectivity index (χ2n) is 7.28. The SMILES string of the molecule is Cc1[nH]c2ccccc2c1[C@@]1(O)C(=O)N(Cc2ccccc2)c2ccccc21. The molecule has 0 bridgehead atoms. The van der Waals surface area contributed by atoms with Gasteiger partial charge in [0.15, 0.2) is 5.60 Å². The fourth-order valence-electron chi connectivity index (χ4n) is 4.34. The van der Waals surface area contributed by atoms with Gasteiger partial charge in [-0.1, -0.05) is 66.7 Å². The lowest BCUT2D eigenvalue weighted by atomic mass is 9.85. The Morgan fingerprint density at radius 2 is 1.61 bits per heavy atom. The molecule has 1 aliphatic heterocycles. The zero-order valence-corrected chi connectivity index (χ0v) is 15.5. The van der Waals surface area contributed by atoms with Crippen LogP contribution in [0.1, 0.15) is 22.4 Å². The van der Waals surface area contributed by atoms with Crippen molar-refractivity contribution in [3.63, 3.8) is 0 Å². The lowest BCUT2D eigenvalue weighted by molar-refractivity contribution is -0.132. The second kappa shape index (κ2) is 6.08. The first-order valence-electron chi connectivity index (χ1n) is 9.36. The van der Waals surface area contributed by atoms with Gasteiger partial charge in [-0.25, -0.2) is 0 Å². The molecular weight excluding hydrogens is 348 g/mol. The van der Waals surface area contributed by atoms with Gasteiger partial charge in [0.05, 0.1) is 12.2 Å². The number of rotatable bonds is 3. The topological polar surface area (TPSA) is 56.3 Å². The first kappa shape index (κ1) is 16.8. The molecule has 5 rings (SSSR count). The van der Waals surface area contributed by atoms with Crippen LogP contribution in [-0.4, -0.2) is 16.0 Å². The molecule has 1 atom stereocenters. The number of aliphatic hydroxyl groups is 1. The van der Waals surface area contributed by atoms with Gasteiger partial charge in [-0.2, -0.15) is 0 Å². The molecule has 1 aliphatic rings. The number of benzene rings is 3. The maximum absolute atomic E-state index is 13.6. The highest BCUT2D eigenvalue weighted by Crippen LogP contribution is 2.47. The number of anilines is 1. The number of carbonyl (C=O) groups excluding carboxylic acids is 1. The molecule has 28 heavy (non-hydrogen) atoms. The lowest BCUT2D eigenvalue weighted by Crippen LogP contribution is -2.41. The van der Waals surface area contributed by atoms with E-state index in [4.69, 9.17) is 0 Å². The molecule has 0 unspecified atom stereocenters. The highest BCUT2D eigenvalue weighted by molar-refractivity contribution is 6.11. The number of H-pyrrole nitrogens is 1. The molecule has 4 heteroatoms. The van der Waals surface area contributed by atoms with Crippen molar-refractivity contribution in [2.75, 3.05) is 4.90 Å². The van der Waals surface area contributed by atoms with Gasteiger partial charge in [-0.05, 0) is 24.6 Å². The van der Waals surface area contributed by atoms with Gasteiger partial charge in [0.2, 0.25) is 0 Å². The second-order valence-corrected chi connectivity index (χ2v) is 7.28. The molecule has 2 N–H and O–H groups in total. The van der Waals surface area contributed by atoms with Crippen molar-refractivity contribution in [3.05, 3.63) is 101 Å². The number of nitrogens with zero attached hydrogens (tertiary/aromatic N) is 1. The largest absolute Gasteiger partial charge is 0.372 e. The van der Waals surface area contributed by atoms with E-state index < -0.39 is 5.60 Å². The highest BCUT2D eigenvalue weighted by atomic mass is 16.3. The minimum absolute atomic E-state index is 0.314. The summed E-state index contributed by atoms with van der Waals surface area (Å²) in [7, 11) is 0. The van der Waals surface area contributed by atoms with Crippen LogP contribution < -0.4 is 4.90 Å². The molecule has 4 nitrogen and oxygen atoms in total. The third-order valence-corrected chi connectivity index (χ3v) is 5.58. The Morgan fingerprint density at radius 1 is 0.929 bits per heavy atom. The Labute approximate surface area is 163 Å². The van der Waals surface area contributed by atoms with Crippen molar-refractivity contribution in [2.24, 2.45) is 0 Å². The van der Waals surface area contributed by atoms with E-state index in [0.717, 1.165) is 27.8 Å². The van der Waals surface area contributed by atoms with Gasteiger partial charge in [0, 0.05) is 27.7 Å². The minimum Gasteiger partial charge on any atom is -0.372 e. The summed E-state index contributed by atoms with van der Waals surface area (Å²) in [4.78, 5) is 18.6. The normalized spacial score (nSPS) is 18.6. The molecule has 0 aliphatic carbocycles. The third-order valence-electron chi connectivity index (χ3n) is 5.58. The molecule has 2 heterocycles. The number of carbonyl (C=O) groups is 1. The zero-order chi connectivity index (χ0) is 19.3. The van der Waals surface area contributed by atoms with Crippen LogP contribution in [0.4, 0.5) is 5.69 Å². The van der Waals surface area contributed by atoms with Crippen LogP contribution in [0.2, 0.25) is 0 Å². The monoisotopic (exact) mass is 368 g/mol. The summed E-state index contributed by atoms with van der Waals surface area (Å²) >= 11 is 0. The molecule has 138 valence electrons. The van der Waals surface area contributed by atoms with E-state index in [0.29, 0.717) is 17.7 Å². The summed E-state index contributed by atoms with van der Waals surface area (Å²) in [5, 5.41) is 12.8. The van der Waals surface area contributed by atoms with Crippen molar-refractivity contribution in [1.29, 1.82) is 0 Å². The van der Waals surface area contributed by atoms with E-state index in [-0.39, 0.29) is 5.91 Å². The summed E-state index contributed by atoms with van der Waals surface area (Å²) < 4.78 is 0. The molecule has 1 amide bonds. The number of aryl methyl sites for hydroxylation is 1. The minimum atomic E-state index is -1.71. The zero-order valence-electron chi connectivity index (χ0n) is 15.5. The third kappa shape index (κ3) is 2.25. The quantitative estimate of drug-likeness (QED) is 0.568. The van der Waals surface area contributed by atoms with Gasteiger partial charge in [-0.3, -0.25) is 4.79 Å².